The van der Waals surface area contributed by atoms with Gasteiger partial charge in [-0.15, -0.1) is 0 Å². The molecule has 4 rings (SSSR count). The molecule has 2 aromatic carbocycles. The van der Waals surface area contributed by atoms with Gasteiger partial charge in [0.2, 0.25) is 0 Å². The predicted octanol–water partition coefficient (Wildman–Crippen LogP) is 10.2. The zero-order chi connectivity index (χ0) is 25.3. The van der Waals surface area contributed by atoms with E-state index in [0.29, 0.717) is 24.7 Å². The lowest BCUT2D eigenvalue weighted by molar-refractivity contribution is 0.139. The van der Waals surface area contributed by atoms with Crippen LogP contribution in [0.4, 0.5) is 8.78 Å². The number of allylic oxidation sites excluding steroid dienone is 2. The van der Waals surface area contributed by atoms with Crippen LogP contribution in [0.2, 0.25) is 0 Å². The molecule has 0 amide bonds. The third-order valence-corrected chi connectivity index (χ3v) is 9.34. The maximum absolute atomic E-state index is 14.5. The molecule has 2 aromatic rings. The van der Waals surface area contributed by atoms with Crippen molar-refractivity contribution < 1.29 is 8.78 Å². The van der Waals surface area contributed by atoms with Crippen molar-refractivity contribution in [2.45, 2.75) is 103 Å². The average Bonchev–Trinajstić information content (AvgIpc) is 2.90. The van der Waals surface area contributed by atoms with Gasteiger partial charge in [0.15, 0.2) is 0 Å². The third-order valence-electron chi connectivity index (χ3n) is 9.34. The van der Waals surface area contributed by atoms with Crippen molar-refractivity contribution in [2.75, 3.05) is 0 Å². The van der Waals surface area contributed by atoms with Gasteiger partial charge < -0.3 is 0 Å². The van der Waals surface area contributed by atoms with Crippen LogP contribution in [0.25, 0.3) is 0 Å². The molecule has 0 spiro atoms. The molecule has 0 unspecified atom stereocenters. The molecular weight excluding hydrogens is 446 g/mol. The molecule has 0 heterocycles. The summed E-state index contributed by atoms with van der Waals surface area (Å²) in [5.41, 5.74) is 2.55. The molecular formula is C34H46F2. The van der Waals surface area contributed by atoms with Gasteiger partial charge in [0, 0.05) is 5.56 Å². The largest absolute Gasteiger partial charge is 0.207 e. The minimum atomic E-state index is -0.369. The summed E-state index contributed by atoms with van der Waals surface area (Å²) in [5.74, 6) is 3.36. The van der Waals surface area contributed by atoms with Crippen LogP contribution in [0.5, 0.6) is 0 Å². The SMILES string of the molecule is CC=CCCc1c(F)cc(CCC2CCC(C3CCC(C[C@H](C)c4ccccc4)CC3)CC2)cc1F. The van der Waals surface area contributed by atoms with Gasteiger partial charge in [-0.2, -0.15) is 0 Å². The van der Waals surface area contributed by atoms with E-state index in [2.05, 4.69) is 37.3 Å². The normalized spacial score (nSPS) is 25.8. The highest BCUT2D eigenvalue weighted by Crippen LogP contribution is 2.44. The van der Waals surface area contributed by atoms with Crippen LogP contribution < -0.4 is 0 Å². The van der Waals surface area contributed by atoms with Crippen LogP contribution in [0.1, 0.15) is 107 Å². The Morgan fingerprint density at radius 2 is 1.39 bits per heavy atom. The molecule has 0 bridgehead atoms. The quantitative estimate of drug-likeness (QED) is 0.289. The second-order valence-corrected chi connectivity index (χ2v) is 11.8. The fourth-order valence-corrected chi connectivity index (χ4v) is 7.07. The summed E-state index contributed by atoms with van der Waals surface area (Å²) in [7, 11) is 0. The molecule has 0 nitrogen and oxygen atoms in total. The summed E-state index contributed by atoms with van der Waals surface area (Å²) < 4.78 is 29.0. The van der Waals surface area contributed by atoms with Gasteiger partial charge in [0.05, 0.1) is 0 Å². The van der Waals surface area contributed by atoms with Crippen molar-refractivity contribution >= 4 is 0 Å². The van der Waals surface area contributed by atoms with Gasteiger partial charge >= 0.3 is 0 Å². The molecule has 0 radical (unpaired) electrons. The smallest absolute Gasteiger partial charge is 0.129 e. The van der Waals surface area contributed by atoms with E-state index in [1.807, 2.05) is 19.1 Å². The zero-order valence-electron chi connectivity index (χ0n) is 22.5. The Morgan fingerprint density at radius 1 is 0.806 bits per heavy atom. The van der Waals surface area contributed by atoms with Crippen molar-refractivity contribution in [2.24, 2.45) is 23.7 Å². The highest BCUT2D eigenvalue weighted by molar-refractivity contribution is 5.27. The maximum Gasteiger partial charge on any atom is 0.129 e. The van der Waals surface area contributed by atoms with E-state index < -0.39 is 0 Å². The monoisotopic (exact) mass is 492 g/mol. The van der Waals surface area contributed by atoms with Gasteiger partial charge in [0.25, 0.3) is 0 Å². The van der Waals surface area contributed by atoms with Crippen molar-refractivity contribution in [3.63, 3.8) is 0 Å². The first-order chi connectivity index (χ1) is 17.5. The number of benzene rings is 2. The molecule has 2 aliphatic carbocycles. The summed E-state index contributed by atoms with van der Waals surface area (Å²) in [5, 5.41) is 0. The molecule has 2 fully saturated rings. The van der Waals surface area contributed by atoms with Crippen LogP contribution >= 0.6 is 0 Å². The number of halogens is 2. The van der Waals surface area contributed by atoms with E-state index in [4.69, 9.17) is 0 Å². The van der Waals surface area contributed by atoms with E-state index in [1.165, 1.54) is 63.4 Å². The van der Waals surface area contributed by atoms with Crippen molar-refractivity contribution in [3.8, 4) is 0 Å². The van der Waals surface area contributed by atoms with Gasteiger partial charge in [-0.3, -0.25) is 0 Å². The van der Waals surface area contributed by atoms with Gasteiger partial charge in [-0.05, 0) is 118 Å². The Kier molecular flexibility index (Phi) is 10.2. The molecule has 36 heavy (non-hydrogen) atoms. The Bertz CT molecular complexity index is 923. The molecule has 196 valence electrons. The predicted molar refractivity (Wildman–Crippen MR) is 148 cm³/mol. The van der Waals surface area contributed by atoms with E-state index in [9.17, 15) is 8.78 Å². The molecule has 2 aliphatic rings. The molecule has 2 saturated carbocycles. The Balaban J connectivity index is 1.17. The first kappa shape index (κ1) is 27.1. The topological polar surface area (TPSA) is 0 Å². The first-order valence-corrected chi connectivity index (χ1v) is 14.7. The zero-order valence-corrected chi connectivity index (χ0v) is 22.5. The second-order valence-electron chi connectivity index (χ2n) is 11.8. The van der Waals surface area contributed by atoms with Crippen LogP contribution in [0.3, 0.4) is 0 Å². The number of aryl methyl sites for hydroxylation is 1. The highest BCUT2D eigenvalue weighted by atomic mass is 19.1. The van der Waals surface area contributed by atoms with Gasteiger partial charge in [-0.1, -0.05) is 75.1 Å². The molecule has 0 aromatic heterocycles. The fraction of sp³-hybridized carbons (Fsp3) is 0.588. The number of hydrogen-bond acceptors (Lipinski definition) is 0. The minimum Gasteiger partial charge on any atom is -0.207 e. The van der Waals surface area contributed by atoms with Crippen LogP contribution in [-0.4, -0.2) is 0 Å². The minimum absolute atomic E-state index is 0.238. The average molecular weight is 493 g/mol. The Morgan fingerprint density at radius 3 is 1.97 bits per heavy atom. The van der Waals surface area contributed by atoms with Crippen molar-refractivity contribution in [1.82, 2.24) is 0 Å². The molecule has 0 aliphatic heterocycles. The lowest BCUT2D eigenvalue weighted by Gasteiger charge is -2.38. The van der Waals surface area contributed by atoms with E-state index >= 15 is 0 Å². The standard InChI is InChI=1S/C34H46F2/c1-3-4-6-11-32-33(35)23-28(24-34(32)36)13-12-26-14-18-30(19-15-26)31-20-16-27(17-21-31)22-25(2)29-9-7-5-8-10-29/h3-5,7-10,23-27,30-31H,6,11-22H2,1-2H3/t25-,26?,27?,30?,31?/m0/s1. The van der Waals surface area contributed by atoms with E-state index in [0.717, 1.165) is 36.2 Å². The van der Waals surface area contributed by atoms with Gasteiger partial charge in [0.1, 0.15) is 11.6 Å². The number of hydrogen-bond donors (Lipinski definition) is 0. The van der Waals surface area contributed by atoms with E-state index in [1.54, 1.807) is 12.1 Å². The second kappa shape index (κ2) is 13.5. The lowest BCUT2D eigenvalue weighted by atomic mass is 9.67. The van der Waals surface area contributed by atoms with Gasteiger partial charge in [-0.25, -0.2) is 8.78 Å². The van der Waals surface area contributed by atoms with E-state index in [-0.39, 0.29) is 17.2 Å². The summed E-state index contributed by atoms with van der Waals surface area (Å²) in [4.78, 5) is 0. The summed E-state index contributed by atoms with van der Waals surface area (Å²) >= 11 is 0. The first-order valence-electron chi connectivity index (χ1n) is 14.7. The summed E-state index contributed by atoms with van der Waals surface area (Å²) in [6, 6.07) is 14.2. The summed E-state index contributed by atoms with van der Waals surface area (Å²) in [6.07, 6.45) is 19.1. The fourth-order valence-electron chi connectivity index (χ4n) is 7.07. The molecule has 1 atom stereocenters. The Labute approximate surface area is 218 Å². The number of rotatable bonds is 10. The van der Waals surface area contributed by atoms with Crippen molar-refractivity contribution in [3.05, 3.63) is 82.9 Å². The summed E-state index contributed by atoms with van der Waals surface area (Å²) in [6.45, 7) is 4.33. The maximum atomic E-state index is 14.5. The lowest BCUT2D eigenvalue weighted by Crippen LogP contribution is -2.26. The van der Waals surface area contributed by atoms with Crippen LogP contribution in [-0.2, 0) is 12.8 Å². The van der Waals surface area contributed by atoms with Crippen molar-refractivity contribution in [1.29, 1.82) is 0 Å². The van der Waals surface area contributed by atoms with Crippen LogP contribution in [0.15, 0.2) is 54.6 Å². The van der Waals surface area contributed by atoms with Crippen LogP contribution in [0, 0.1) is 35.3 Å². The molecule has 0 saturated heterocycles. The molecule has 2 heteroatoms. The Hall–Kier alpha value is -1.96. The molecule has 0 N–H and O–H groups in total. The highest BCUT2D eigenvalue weighted by Gasteiger charge is 2.31. The third kappa shape index (κ3) is 7.53.